The molecule has 0 bridgehead atoms. The van der Waals surface area contributed by atoms with Gasteiger partial charge in [-0.25, -0.2) is 17.2 Å². The van der Waals surface area contributed by atoms with Crippen LogP contribution in [0.15, 0.2) is 22.7 Å². The van der Waals surface area contributed by atoms with Gasteiger partial charge in [0.2, 0.25) is 10.0 Å². The van der Waals surface area contributed by atoms with Gasteiger partial charge < -0.3 is 9.63 Å². The molecule has 1 atom stereocenters. The van der Waals surface area contributed by atoms with Crippen molar-refractivity contribution in [2.75, 3.05) is 13.1 Å². The summed E-state index contributed by atoms with van der Waals surface area (Å²) < 4.78 is 58.1. The monoisotopic (exact) mass is 385 g/mol. The third kappa shape index (κ3) is 3.24. The molecule has 0 spiro atoms. The number of hydrogen-bond acceptors (Lipinski definition) is 6. The van der Waals surface area contributed by atoms with Gasteiger partial charge in [0.05, 0.1) is 12.3 Å². The van der Waals surface area contributed by atoms with Gasteiger partial charge >= 0.3 is 0 Å². The first kappa shape index (κ1) is 17.5. The van der Waals surface area contributed by atoms with Crippen molar-refractivity contribution in [3.8, 4) is 0 Å². The third-order valence-corrected chi connectivity index (χ3v) is 6.52. The minimum atomic E-state index is -3.90. The Labute approximate surface area is 148 Å². The van der Waals surface area contributed by atoms with Crippen molar-refractivity contribution >= 4 is 10.0 Å². The van der Waals surface area contributed by atoms with Crippen molar-refractivity contribution in [1.82, 2.24) is 14.4 Å². The zero-order valence-corrected chi connectivity index (χ0v) is 14.5. The first-order chi connectivity index (χ1) is 12.3. The summed E-state index contributed by atoms with van der Waals surface area (Å²) in [5.74, 6) is -1.53. The topological polar surface area (TPSA) is 96.5 Å². The Morgan fingerprint density at radius 1 is 1.35 bits per heavy atom. The Morgan fingerprint density at radius 2 is 2.12 bits per heavy atom. The van der Waals surface area contributed by atoms with E-state index in [2.05, 4.69) is 10.1 Å². The van der Waals surface area contributed by atoms with Gasteiger partial charge in [-0.1, -0.05) is 11.2 Å². The number of aromatic nitrogens is 2. The predicted molar refractivity (Wildman–Crippen MR) is 85.3 cm³/mol. The summed E-state index contributed by atoms with van der Waals surface area (Å²) in [6, 6.07) is 2.75. The summed E-state index contributed by atoms with van der Waals surface area (Å²) in [4.78, 5) is 4.20. The number of nitrogens with zero attached hydrogens (tertiary/aromatic N) is 3. The van der Waals surface area contributed by atoms with Crippen molar-refractivity contribution in [1.29, 1.82) is 0 Å². The van der Waals surface area contributed by atoms with Crippen LogP contribution in [-0.2, 0) is 21.4 Å². The highest BCUT2D eigenvalue weighted by molar-refractivity contribution is 7.88. The van der Waals surface area contributed by atoms with Crippen molar-refractivity contribution < 1.29 is 26.8 Å². The summed E-state index contributed by atoms with van der Waals surface area (Å²) in [7, 11) is -3.90. The minimum absolute atomic E-state index is 0.00469. The van der Waals surface area contributed by atoms with Crippen LogP contribution in [0, 0.1) is 11.6 Å². The Bertz CT molecular complexity index is 945. The van der Waals surface area contributed by atoms with E-state index in [-0.39, 0.29) is 36.9 Å². The van der Waals surface area contributed by atoms with Gasteiger partial charge in [-0.15, -0.1) is 0 Å². The van der Waals surface area contributed by atoms with Crippen LogP contribution in [-0.4, -0.2) is 41.1 Å². The molecule has 140 valence electrons. The lowest BCUT2D eigenvalue weighted by molar-refractivity contribution is 0.0194. The van der Waals surface area contributed by atoms with E-state index in [0.717, 1.165) is 29.3 Å². The van der Waals surface area contributed by atoms with E-state index in [1.165, 1.54) is 0 Å². The molecule has 1 aliphatic carbocycles. The number of hydrogen-bond donors (Lipinski definition) is 1. The van der Waals surface area contributed by atoms with Gasteiger partial charge in [0, 0.05) is 30.5 Å². The van der Waals surface area contributed by atoms with Gasteiger partial charge in [0.15, 0.2) is 11.4 Å². The molecule has 1 saturated heterocycles. The Morgan fingerprint density at radius 3 is 2.81 bits per heavy atom. The summed E-state index contributed by atoms with van der Waals surface area (Å²) in [6.07, 6.45) is 2.05. The van der Waals surface area contributed by atoms with E-state index in [1.54, 1.807) is 0 Å². The molecule has 7 nitrogen and oxygen atoms in total. The molecule has 1 N–H and O–H groups in total. The van der Waals surface area contributed by atoms with Crippen LogP contribution < -0.4 is 0 Å². The number of β-amino-alcohol motifs (C(OH)–C–C–N with tert-alkyl or cyclic N) is 1. The smallest absolute Gasteiger partial charge is 0.260 e. The fourth-order valence-corrected chi connectivity index (χ4v) is 4.62. The fraction of sp³-hybridized carbons (Fsp3) is 0.500. The van der Waals surface area contributed by atoms with Crippen LogP contribution in [0.3, 0.4) is 0 Å². The molecule has 2 fully saturated rings. The van der Waals surface area contributed by atoms with E-state index >= 15 is 0 Å². The number of rotatable bonds is 5. The van der Waals surface area contributed by atoms with Crippen LogP contribution in [0.4, 0.5) is 8.78 Å². The van der Waals surface area contributed by atoms with E-state index < -0.39 is 33.0 Å². The van der Waals surface area contributed by atoms with E-state index in [4.69, 9.17) is 4.52 Å². The molecule has 0 amide bonds. The molecular formula is C16H17F2N3O4S. The van der Waals surface area contributed by atoms with Gasteiger partial charge in [-0.2, -0.15) is 9.29 Å². The molecule has 1 aromatic carbocycles. The summed E-state index contributed by atoms with van der Waals surface area (Å²) in [6.45, 7) is -0.201. The second-order valence-electron chi connectivity index (χ2n) is 6.84. The summed E-state index contributed by atoms with van der Waals surface area (Å²) in [5.41, 5.74) is -1.69. The maximum atomic E-state index is 13.8. The second-order valence-corrected chi connectivity index (χ2v) is 8.81. The largest absolute Gasteiger partial charge is 0.379 e. The summed E-state index contributed by atoms with van der Waals surface area (Å²) in [5, 5.41) is 14.6. The van der Waals surface area contributed by atoms with E-state index in [0.29, 0.717) is 11.9 Å². The maximum Gasteiger partial charge on any atom is 0.260 e. The average Bonchev–Trinajstić information content (AvgIpc) is 3.14. The Hall–Kier alpha value is -1.91. The van der Waals surface area contributed by atoms with E-state index in [1.807, 2.05) is 0 Å². The molecule has 1 aromatic heterocycles. The predicted octanol–water partition coefficient (Wildman–Crippen LogP) is 1.65. The van der Waals surface area contributed by atoms with E-state index in [9.17, 15) is 22.3 Å². The average molecular weight is 385 g/mol. The van der Waals surface area contributed by atoms with Gasteiger partial charge in [-0.3, -0.25) is 0 Å². The molecule has 0 radical (unpaired) electrons. The highest BCUT2D eigenvalue weighted by Crippen LogP contribution is 2.40. The Balaban J connectivity index is 1.51. The zero-order valence-electron chi connectivity index (χ0n) is 13.7. The van der Waals surface area contributed by atoms with Crippen LogP contribution in [0.2, 0.25) is 0 Å². The first-order valence-electron chi connectivity index (χ1n) is 8.25. The molecule has 2 heterocycles. The highest BCUT2D eigenvalue weighted by atomic mass is 32.2. The molecule has 26 heavy (non-hydrogen) atoms. The molecular weight excluding hydrogens is 368 g/mol. The zero-order chi connectivity index (χ0) is 18.5. The first-order valence-corrected chi connectivity index (χ1v) is 9.86. The molecule has 2 aromatic rings. The quantitative estimate of drug-likeness (QED) is 0.841. The SMILES string of the molecule is O=S(=O)(Cc1ccc(F)cc1F)N1CC[C@](O)(c2nc(C3CC3)no2)C1. The normalized spacial score (nSPS) is 24.3. The lowest BCUT2D eigenvalue weighted by Crippen LogP contribution is -2.35. The van der Waals surface area contributed by atoms with Crippen molar-refractivity contribution in [2.45, 2.75) is 36.5 Å². The lowest BCUT2D eigenvalue weighted by Gasteiger charge is -2.19. The number of aliphatic hydroxyl groups is 1. The molecule has 4 rings (SSSR count). The second kappa shape index (κ2) is 6.07. The lowest BCUT2D eigenvalue weighted by atomic mass is 10.0. The molecule has 1 saturated carbocycles. The maximum absolute atomic E-state index is 13.8. The third-order valence-electron chi connectivity index (χ3n) is 4.74. The van der Waals surface area contributed by atoms with Gasteiger partial charge in [-0.05, 0) is 18.9 Å². The van der Waals surface area contributed by atoms with Crippen LogP contribution >= 0.6 is 0 Å². The van der Waals surface area contributed by atoms with Crippen LogP contribution in [0.5, 0.6) is 0 Å². The van der Waals surface area contributed by atoms with Crippen LogP contribution in [0.25, 0.3) is 0 Å². The fourth-order valence-electron chi connectivity index (χ4n) is 3.03. The van der Waals surface area contributed by atoms with Crippen LogP contribution in [0.1, 0.15) is 42.5 Å². The minimum Gasteiger partial charge on any atom is -0.379 e. The number of sulfonamides is 1. The van der Waals surface area contributed by atoms with Gasteiger partial charge in [0.1, 0.15) is 11.6 Å². The highest BCUT2D eigenvalue weighted by Gasteiger charge is 2.47. The molecule has 1 aliphatic heterocycles. The standard InChI is InChI=1S/C16H17F2N3O4S/c17-12-4-3-11(13(18)7-12)8-26(23,24)21-6-5-16(22,9-21)15-19-14(20-25-15)10-1-2-10/h3-4,7,10,22H,1-2,5-6,8-9H2/t16-/m1/s1. The Kier molecular flexibility index (Phi) is 4.08. The van der Waals surface area contributed by atoms with Crippen molar-refractivity contribution in [2.24, 2.45) is 0 Å². The van der Waals surface area contributed by atoms with Gasteiger partial charge in [0.25, 0.3) is 5.89 Å². The number of halogens is 2. The molecule has 0 unspecified atom stereocenters. The molecule has 10 heteroatoms. The van der Waals surface area contributed by atoms with Crippen molar-refractivity contribution in [3.05, 3.63) is 47.1 Å². The van der Waals surface area contributed by atoms with Crippen molar-refractivity contribution in [3.63, 3.8) is 0 Å². The summed E-state index contributed by atoms with van der Waals surface area (Å²) >= 11 is 0. The molecule has 2 aliphatic rings. The number of benzene rings is 1.